The Labute approximate surface area is 301 Å². The number of allylic oxidation sites excluding steroid dienone is 2. The molecule has 0 atom stereocenters. The number of carbonyl (C=O) groups excluding carboxylic acids is 7. The molecule has 0 radical (unpaired) electrons. The third kappa shape index (κ3) is 16.3. The van der Waals surface area contributed by atoms with E-state index >= 15 is 0 Å². The molecule has 10 nitrogen and oxygen atoms in total. The van der Waals surface area contributed by atoms with E-state index in [-0.39, 0.29) is 36.3 Å². The molecule has 0 saturated heterocycles. The summed E-state index contributed by atoms with van der Waals surface area (Å²) in [7, 11) is 0. The number of hydrogen-bond donors (Lipinski definition) is 2. The van der Waals surface area contributed by atoms with Gasteiger partial charge in [0, 0.05) is 12.8 Å². The summed E-state index contributed by atoms with van der Waals surface area (Å²) in [5.74, 6) is 0.243. The van der Waals surface area contributed by atoms with E-state index in [2.05, 4.69) is 55.6 Å². The van der Waals surface area contributed by atoms with Gasteiger partial charge in [-0.15, -0.1) is 12.4 Å². The Bertz CT molecular complexity index is 1460. The van der Waals surface area contributed by atoms with Gasteiger partial charge >= 0.3 is 18.4 Å². The Morgan fingerprint density at radius 3 is 1.42 bits per heavy atom. The Morgan fingerprint density at radius 2 is 1.12 bits per heavy atom. The van der Waals surface area contributed by atoms with Gasteiger partial charge in [0.2, 0.25) is 0 Å². The first-order chi connectivity index (χ1) is 23.2. The number of nitrogens with one attached hydrogen (secondary N) is 1. The molecule has 0 spiro atoms. The molecule has 3 N–H and O–H groups in total. The number of nitrogens with two attached hydrogens (primary N) is 1. The zero-order valence-electron chi connectivity index (χ0n) is 29.8. The lowest BCUT2D eigenvalue weighted by Gasteiger charge is -2.41. The highest BCUT2D eigenvalue weighted by molar-refractivity contribution is 5.94. The largest absolute Gasteiger partial charge is 0.444 e. The van der Waals surface area contributed by atoms with Crippen molar-refractivity contribution in [3.05, 3.63) is 82.9 Å². The minimum absolute atomic E-state index is 0. The summed E-state index contributed by atoms with van der Waals surface area (Å²) in [6.07, 6.45) is 16.3. The van der Waals surface area contributed by atoms with E-state index in [0.29, 0.717) is 25.7 Å². The second kappa shape index (κ2) is 23.0. The monoisotopic (exact) mass is 710 g/mol. The van der Waals surface area contributed by atoms with Crippen molar-refractivity contribution >= 4 is 54.5 Å². The van der Waals surface area contributed by atoms with Gasteiger partial charge in [-0.2, -0.15) is 19.2 Å². The van der Waals surface area contributed by atoms with Crippen LogP contribution in [0.1, 0.15) is 108 Å². The maximum atomic E-state index is 12.8. The van der Waals surface area contributed by atoms with E-state index in [1.54, 1.807) is 0 Å². The van der Waals surface area contributed by atoms with Crippen LogP contribution < -0.4 is 11.1 Å². The number of ether oxygens (including phenoxy) is 1. The number of hydrogen-bond acceptors (Lipinski definition) is 9. The van der Waals surface area contributed by atoms with Crippen LogP contribution in [0.5, 0.6) is 0 Å². The zero-order valence-corrected chi connectivity index (χ0v) is 30.6. The van der Waals surface area contributed by atoms with Crippen molar-refractivity contribution in [2.45, 2.75) is 116 Å². The molecule has 2 fully saturated rings. The minimum Gasteiger partial charge on any atom is -0.444 e. The second-order valence-electron chi connectivity index (χ2n) is 13.0. The van der Waals surface area contributed by atoms with E-state index in [0.717, 1.165) is 55.2 Å². The Kier molecular flexibility index (Phi) is 21.0. The number of benzene rings is 2. The highest BCUT2D eigenvalue weighted by Crippen LogP contribution is 2.34. The molecule has 2 aliphatic carbocycles. The molecular weight excluding hydrogens is 660 g/mol. The first kappa shape index (κ1) is 45.5. The molecule has 2 aliphatic rings. The average molecular weight is 711 g/mol. The Balaban J connectivity index is 0.000000842. The normalized spacial score (nSPS) is 14.8. The van der Waals surface area contributed by atoms with Crippen molar-refractivity contribution in [3.8, 4) is 0 Å². The molecule has 0 heterocycles. The van der Waals surface area contributed by atoms with Crippen molar-refractivity contribution in [1.29, 1.82) is 0 Å². The highest BCUT2D eigenvalue weighted by atomic mass is 35.5. The Morgan fingerprint density at radius 1 is 0.740 bits per heavy atom. The summed E-state index contributed by atoms with van der Waals surface area (Å²) in [5, 5.41) is 2.82. The third-order valence-corrected chi connectivity index (χ3v) is 8.06. The van der Waals surface area contributed by atoms with Gasteiger partial charge in [0.25, 0.3) is 0 Å². The van der Waals surface area contributed by atoms with Gasteiger partial charge in [-0.05, 0) is 94.4 Å². The molecule has 1 amide bonds. The van der Waals surface area contributed by atoms with Crippen LogP contribution in [0, 0.1) is 0 Å². The molecule has 272 valence electrons. The van der Waals surface area contributed by atoms with Gasteiger partial charge in [0.05, 0.1) is 5.54 Å². The summed E-state index contributed by atoms with van der Waals surface area (Å²) in [4.78, 5) is 69.4. The van der Waals surface area contributed by atoms with Crippen LogP contribution in [0.4, 0.5) is 4.79 Å². The van der Waals surface area contributed by atoms with Crippen LogP contribution in [-0.2, 0) is 46.3 Å². The fraction of sp³-hybridized carbons (Fsp3) is 0.462. The topological polar surface area (TPSA) is 167 Å². The maximum absolute atomic E-state index is 12.8. The number of rotatable bonds is 11. The summed E-state index contributed by atoms with van der Waals surface area (Å²) >= 11 is 0. The molecule has 50 heavy (non-hydrogen) atoms. The van der Waals surface area contributed by atoms with Crippen LogP contribution in [0.25, 0.3) is 12.2 Å². The lowest BCUT2D eigenvalue weighted by Crippen LogP contribution is -2.60. The average Bonchev–Trinajstić information content (AvgIpc) is 3.01. The zero-order chi connectivity index (χ0) is 36.9. The van der Waals surface area contributed by atoms with Gasteiger partial charge in [-0.1, -0.05) is 86.7 Å². The molecule has 2 aromatic rings. The van der Waals surface area contributed by atoms with Crippen molar-refractivity contribution < 1.29 is 38.3 Å². The van der Waals surface area contributed by atoms with E-state index in [9.17, 15) is 14.4 Å². The van der Waals surface area contributed by atoms with E-state index in [1.807, 2.05) is 57.2 Å². The van der Waals surface area contributed by atoms with Crippen LogP contribution in [0.15, 0.2) is 60.7 Å². The quantitative estimate of drug-likeness (QED) is 0.249. The predicted molar refractivity (Wildman–Crippen MR) is 193 cm³/mol. The van der Waals surface area contributed by atoms with Gasteiger partial charge < -0.3 is 15.8 Å². The van der Waals surface area contributed by atoms with Crippen LogP contribution in [0.2, 0.25) is 0 Å². The third-order valence-electron chi connectivity index (χ3n) is 8.06. The molecule has 11 heteroatoms. The molecule has 0 bridgehead atoms. The van der Waals surface area contributed by atoms with E-state index in [1.165, 1.54) is 5.56 Å². The number of halogens is 1. The van der Waals surface area contributed by atoms with Crippen molar-refractivity contribution in [2.24, 2.45) is 5.73 Å². The van der Waals surface area contributed by atoms with E-state index < -0.39 is 22.8 Å². The highest BCUT2D eigenvalue weighted by Gasteiger charge is 2.45. The number of Topliss-reactive ketones (excluding diaryl/α,β-unsaturated/α-hetero) is 2. The number of ketones is 2. The minimum atomic E-state index is -0.761. The molecule has 2 aromatic carbocycles. The lowest BCUT2D eigenvalue weighted by molar-refractivity contribution is -0.193. The van der Waals surface area contributed by atoms with Gasteiger partial charge in [-0.25, -0.2) is 4.79 Å². The van der Waals surface area contributed by atoms with Gasteiger partial charge in [0.1, 0.15) is 11.1 Å². The van der Waals surface area contributed by atoms with Crippen molar-refractivity contribution in [2.75, 3.05) is 0 Å². The smallest absolute Gasteiger partial charge is 0.408 e. The van der Waals surface area contributed by atoms with E-state index in [4.69, 9.17) is 29.6 Å². The van der Waals surface area contributed by atoms with Crippen LogP contribution in [-0.4, -0.2) is 46.6 Å². The summed E-state index contributed by atoms with van der Waals surface area (Å²) in [5.41, 5.74) is 8.51. The number of carbonyl (C=O) groups is 3. The van der Waals surface area contributed by atoms with Gasteiger partial charge in [0.15, 0.2) is 11.6 Å². The first-order valence-electron chi connectivity index (χ1n) is 16.6. The fourth-order valence-corrected chi connectivity index (χ4v) is 5.06. The molecule has 4 rings (SSSR count). The second-order valence-corrected chi connectivity index (χ2v) is 13.0. The SMILES string of the molecule is CC/C=C/c1ccc(CC(=O)C2(N)CCC2)cc1.CC/C=C/c1ccc(CC(=O)C2(NC(=O)OC(C)(C)C)CCC2)cc1.Cl.O=C=O.O=C=O. The molecule has 2 saturated carbocycles. The number of amides is 1. The molecule has 0 aromatic heterocycles. The summed E-state index contributed by atoms with van der Waals surface area (Å²) < 4.78 is 5.31. The lowest BCUT2D eigenvalue weighted by atomic mass is 9.72. The Hall–Kier alpha value is -4.46. The predicted octanol–water partition coefficient (Wildman–Crippen LogP) is 7.03. The molecule has 0 aliphatic heterocycles. The standard InChI is InChI=1S/C21H29NO3.C16H21NO.2CO2.ClH/c1-5-6-8-16-9-11-17(12-10-16)15-18(23)21(13-7-14-21)22-19(24)25-20(2,3)4;1-2-3-5-13-6-8-14(9-7-13)12-15(18)16(17)10-4-11-16;2*2-1-3;/h6,8-12H,5,7,13-15H2,1-4H3,(H,22,24);3,5-9H,2,4,10-12,17H2,1H3;;;1H/b8-6+;5-3+;;;. The van der Waals surface area contributed by atoms with Gasteiger partial charge in [-0.3, -0.25) is 9.59 Å². The molecular formula is C39H51ClN2O8. The first-order valence-corrected chi connectivity index (χ1v) is 16.6. The van der Waals surface area contributed by atoms with Crippen LogP contribution in [0.3, 0.4) is 0 Å². The molecule has 0 unspecified atom stereocenters. The van der Waals surface area contributed by atoms with Crippen LogP contribution >= 0.6 is 12.4 Å². The summed E-state index contributed by atoms with van der Waals surface area (Å²) in [6.45, 7) is 9.66. The maximum Gasteiger partial charge on any atom is 0.408 e. The van der Waals surface area contributed by atoms with Crippen molar-refractivity contribution in [3.63, 3.8) is 0 Å². The number of alkyl carbamates (subject to hydrolysis) is 1. The summed E-state index contributed by atoms with van der Waals surface area (Å²) in [6, 6.07) is 16.1. The fourth-order valence-electron chi connectivity index (χ4n) is 5.06. The van der Waals surface area contributed by atoms with Crippen molar-refractivity contribution in [1.82, 2.24) is 5.32 Å².